The van der Waals surface area contributed by atoms with E-state index in [2.05, 4.69) is 26.0 Å². The third kappa shape index (κ3) is 3.72. The van der Waals surface area contributed by atoms with Gasteiger partial charge in [-0.3, -0.25) is 4.79 Å². The van der Waals surface area contributed by atoms with Gasteiger partial charge in [0.15, 0.2) is 0 Å². The minimum atomic E-state index is 0. The molecule has 128 valence electrons. The van der Waals surface area contributed by atoms with Crippen molar-refractivity contribution in [3.63, 3.8) is 0 Å². The molecule has 1 aromatic carbocycles. The number of aryl methyl sites for hydroxylation is 1. The Balaban J connectivity index is 0.00000192. The first-order valence-electron chi connectivity index (χ1n) is 8.73. The van der Waals surface area contributed by atoms with Crippen molar-refractivity contribution < 1.29 is 4.79 Å². The molecule has 0 heterocycles. The lowest BCUT2D eigenvalue weighted by atomic mass is 9.65. The molecular weight excluding hydrogens is 308 g/mol. The SMILES string of the molecule is CCN(C(=O)C1CC2CCCC(C1)C2N)c1cccc(C)c1.Cl. The number of fused-ring (bicyclic) bond motifs is 2. The van der Waals surface area contributed by atoms with Crippen LogP contribution in [0.2, 0.25) is 0 Å². The van der Waals surface area contributed by atoms with Crippen LogP contribution < -0.4 is 10.6 Å². The van der Waals surface area contributed by atoms with Crippen LogP contribution in [0.4, 0.5) is 5.69 Å². The number of nitrogens with zero attached hydrogens (tertiary/aromatic N) is 1. The summed E-state index contributed by atoms with van der Waals surface area (Å²) in [5.74, 6) is 1.57. The third-order valence-electron chi connectivity index (χ3n) is 5.66. The summed E-state index contributed by atoms with van der Waals surface area (Å²) in [5.41, 5.74) is 8.60. The lowest BCUT2D eigenvalue weighted by molar-refractivity contribution is -0.125. The van der Waals surface area contributed by atoms with Gasteiger partial charge in [-0.25, -0.2) is 0 Å². The lowest BCUT2D eigenvalue weighted by Gasteiger charge is -2.44. The summed E-state index contributed by atoms with van der Waals surface area (Å²) in [5, 5.41) is 0. The molecule has 1 aromatic rings. The van der Waals surface area contributed by atoms with E-state index >= 15 is 0 Å². The van der Waals surface area contributed by atoms with Crippen LogP contribution in [0.15, 0.2) is 24.3 Å². The van der Waals surface area contributed by atoms with Gasteiger partial charge in [-0.05, 0) is 69.1 Å². The van der Waals surface area contributed by atoms with Gasteiger partial charge in [-0.15, -0.1) is 12.4 Å². The highest BCUT2D eigenvalue weighted by molar-refractivity contribution is 5.95. The zero-order valence-electron chi connectivity index (χ0n) is 14.2. The molecule has 0 aliphatic heterocycles. The smallest absolute Gasteiger partial charge is 0.230 e. The number of nitrogens with two attached hydrogens (primary N) is 1. The maximum absolute atomic E-state index is 13.1. The van der Waals surface area contributed by atoms with Crippen molar-refractivity contribution in [2.24, 2.45) is 23.5 Å². The summed E-state index contributed by atoms with van der Waals surface area (Å²) in [6, 6.07) is 8.59. The standard InChI is InChI=1S/C19H28N2O.ClH/c1-3-21(17-9-4-6-13(2)10-17)19(22)16-11-14-7-5-8-15(12-16)18(14)20;/h4,6,9-10,14-16,18H,3,5,7-8,11-12,20H2,1-2H3;1H. The van der Waals surface area contributed by atoms with Crippen molar-refractivity contribution in [2.75, 3.05) is 11.4 Å². The molecule has 2 bridgehead atoms. The predicted molar refractivity (Wildman–Crippen MR) is 98.0 cm³/mol. The quantitative estimate of drug-likeness (QED) is 0.909. The van der Waals surface area contributed by atoms with Crippen molar-refractivity contribution in [3.8, 4) is 0 Å². The van der Waals surface area contributed by atoms with E-state index < -0.39 is 0 Å². The maximum atomic E-state index is 13.1. The van der Waals surface area contributed by atoms with Gasteiger partial charge in [0.1, 0.15) is 0 Å². The van der Waals surface area contributed by atoms with Gasteiger partial charge in [0.2, 0.25) is 5.91 Å². The summed E-state index contributed by atoms with van der Waals surface area (Å²) < 4.78 is 0. The molecule has 2 aliphatic rings. The van der Waals surface area contributed by atoms with E-state index in [1.807, 2.05) is 17.0 Å². The summed E-state index contributed by atoms with van der Waals surface area (Å²) in [6.07, 6.45) is 5.67. The number of hydrogen-bond donors (Lipinski definition) is 1. The van der Waals surface area contributed by atoms with E-state index in [4.69, 9.17) is 5.73 Å². The number of carbonyl (C=O) groups is 1. The minimum absolute atomic E-state index is 0. The number of halogens is 1. The van der Waals surface area contributed by atoms with Crippen LogP contribution in [0, 0.1) is 24.7 Å². The van der Waals surface area contributed by atoms with Crippen LogP contribution in [0.1, 0.15) is 44.6 Å². The Labute approximate surface area is 146 Å². The maximum Gasteiger partial charge on any atom is 0.230 e. The second kappa shape index (κ2) is 7.67. The van der Waals surface area contributed by atoms with Gasteiger partial charge in [0.05, 0.1) is 0 Å². The zero-order valence-corrected chi connectivity index (χ0v) is 15.0. The summed E-state index contributed by atoms with van der Waals surface area (Å²) in [6.45, 7) is 4.88. The Hall–Kier alpha value is -1.06. The number of rotatable bonds is 3. The van der Waals surface area contributed by atoms with Gasteiger partial charge in [0.25, 0.3) is 0 Å². The van der Waals surface area contributed by atoms with Crippen LogP contribution in [-0.4, -0.2) is 18.5 Å². The van der Waals surface area contributed by atoms with Crippen molar-refractivity contribution in [1.29, 1.82) is 0 Å². The van der Waals surface area contributed by atoms with E-state index in [9.17, 15) is 4.79 Å². The van der Waals surface area contributed by atoms with E-state index in [0.717, 1.165) is 25.1 Å². The van der Waals surface area contributed by atoms with Crippen molar-refractivity contribution in [1.82, 2.24) is 0 Å². The number of hydrogen-bond acceptors (Lipinski definition) is 2. The molecule has 2 saturated carbocycles. The molecule has 0 spiro atoms. The Morgan fingerprint density at radius 3 is 2.48 bits per heavy atom. The monoisotopic (exact) mass is 336 g/mol. The van der Waals surface area contributed by atoms with Gasteiger partial charge in [0, 0.05) is 24.2 Å². The molecule has 2 atom stereocenters. The minimum Gasteiger partial charge on any atom is -0.327 e. The third-order valence-corrected chi connectivity index (χ3v) is 5.66. The molecule has 0 aromatic heterocycles. The zero-order chi connectivity index (χ0) is 15.7. The van der Waals surface area contributed by atoms with Crippen LogP contribution in [0.3, 0.4) is 0 Å². The highest BCUT2D eigenvalue weighted by Gasteiger charge is 2.41. The summed E-state index contributed by atoms with van der Waals surface area (Å²) in [4.78, 5) is 15.0. The van der Waals surface area contributed by atoms with Crippen LogP contribution >= 0.6 is 12.4 Å². The lowest BCUT2D eigenvalue weighted by Crippen LogP contribution is -2.49. The van der Waals surface area contributed by atoms with Crippen LogP contribution in [0.25, 0.3) is 0 Å². The van der Waals surface area contributed by atoms with Gasteiger partial charge < -0.3 is 10.6 Å². The highest BCUT2D eigenvalue weighted by Crippen LogP contribution is 2.42. The molecule has 3 rings (SSSR count). The average molecular weight is 337 g/mol. The number of carbonyl (C=O) groups excluding carboxylic acids is 1. The number of benzene rings is 1. The van der Waals surface area contributed by atoms with Crippen molar-refractivity contribution in [3.05, 3.63) is 29.8 Å². The molecule has 2 unspecified atom stereocenters. The number of anilines is 1. The van der Waals surface area contributed by atoms with E-state index in [1.54, 1.807) is 0 Å². The fraction of sp³-hybridized carbons (Fsp3) is 0.632. The van der Waals surface area contributed by atoms with Crippen LogP contribution in [0.5, 0.6) is 0 Å². The van der Waals surface area contributed by atoms with Crippen molar-refractivity contribution >= 4 is 24.0 Å². The second-order valence-corrected chi connectivity index (χ2v) is 7.12. The molecule has 4 heteroatoms. The fourth-order valence-corrected chi connectivity index (χ4v) is 4.47. The number of amides is 1. The van der Waals surface area contributed by atoms with E-state index in [0.29, 0.717) is 23.8 Å². The first-order valence-corrected chi connectivity index (χ1v) is 8.73. The fourth-order valence-electron chi connectivity index (χ4n) is 4.47. The molecule has 2 aliphatic carbocycles. The summed E-state index contributed by atoms with van der Waals surface area (Å²) in [7, 11) is 0. The topological polar surface area (TPSA) is 46.3 Å². The first-order chi connectivity index (χ1) is 10.6. The largest absolute Gasteiger partial charge is 0.327 e. The van der Waals surface area contributed by atoms with Gasteiger partial charge >= 0.3 is 0 Å². The van der Waals surface area contributed by atoms with Gasteiger partial charge in [-0.1, -0.05) is 18.6 Å². The Kier molecular flexibility index (Phi) is 6.10. The molecule has 1 amide bonds. The molecule has 3 nitrogen and oxygen atoms in total. The summed E-state index contributed by atoms with van der Waals surface area (Å²) >= 11 is 0. The van der Waals surface area contributed by atoms with Crippen molar-refractivity contribution in [2.45, 2.75) is 52.0 Å². The molecule has 2 fully saturated rings. The molecular formula is C19H29ClN2O. The molecule has 2 N–H and O–H groups in total. The van der Waals surface area contributed by atoms with Gasteiger partial charge in [-0.2, -0.15) is 0 Å². The van der Waals surface area contributed by atoms with E-state index in [-0.39, 0.29) is 18.3 Å². The normalized spacial score (nSPS) is 29.5. The van der Waals surface area contributed by atoms with Crippen LogP contribution in [-0.2, 0) is 4.79 Å². The molecule has 0 saturated heterocycles. The Morgan fingerprint density at radius 1 is 1.26 bits per heavy atom. The Morgan fingerprint density at radius 2 is 1.91 bits per heavy atom. The Bertz CT molecular complexity index is 534. The highest BCUT2D eigenvalue weighted by atomic mass is 35.5. The molecule has 0 radical (unpaired) electrons. The predicted octanol–water partition coefficient (Wildman–Crippen LogP) is 3.92. The average Bonchev–Trinajstić information content (AvgIpc) is 2.47. The molecule has 23 heavy (non-hydrogen) atoms. The van der Waals surface area contributed by atoms with E-state index in [1.165, 1.54) is 24.8 Å². The second-order valence-electron chi connectivity index (χ2n) is 7.12. The first kappa shape index (κ1) is 18.3.